The van der Waals surface area contributed by atoms with Crippen LogP contribution in [0.25, 0.3) is 0 Å². The van der Waals surface area contributed by atoms with Crippen molar-refractivity contribution in [2.24, 2.45) is 5.73 Å². The second-order valence-electron chi connectivity index (χ2n) is 5.40. The van der Waals surface area contributed by atoms with E-state index >= 15 is 0 Å². The number of ether oxygens (including phenoxy) is 1. The van der Waals surface area contributed by atoms with Crippen LogP contribution in [-0.4, -0.2) is 6.61 Å². The van der Waals surface area contributed by atoms with Gasteiger partial charge in [-0.2, -0.15) is 0 Å². The highest BCUT2D eigenvalue weighted by Gasteiger charge is 2.31. The summed E-state index contributed by atoms with van der Waals surface area (Å²) in [5, 5.41) is 0. The van der Waals surface area contributed by atoms with E-state index in [2.05, 4.69) is 0 Å². The minimum absolute atomic E-state index is 0.0308. The molecule has 0 saturated carbocycles. The highest BCUT2D eigenvalue weighted by Crippen LogP contribution is 2.41. The summed E-state index contributed by atoms with van der Waals surface area (Å²) in [6.45, 7) is 2.12. The van der Waals surface area contributed by atoms with Crippen LogP contribution < -0.4 is 10.5 Å². The maximum atomic E-state index is 14.3. The van der Waals surface area contributed by atoms with Crippen molar-refractivity contribution in [2.75, 3.05) is 6.61 Å². The summed E-state index contributed by atoms with van der Waals surface area (Å²) in [6.07, 6.45) is 0.644. The molecule has 2 nitrogen and oxygen atoms in total. The van der Waals surface area contributed by atoms with Crippen LogP contribution >= 0.6 is 0 Å². The number of rotatable bonds is 2. The minimum atomic E-state index is -0.727. The average Bonchev–Trinajstić information content (AvgIpc) is 2.50. The molecule has 1 aliphatic rings. The number of halogens is 2. The maximum absolute atomic E-state index is 14.3. The van der Waals surface area contributed by atoms with Gasteiger partial charge in [-0.25, -0.2) is 8.78 Å². The van der Waals surface area contributed by atoms with Crippen molar-refractivity contribution in [3.8, 4) is 5.75 Å². The first kappa shape index (κ1) is 14.0. The van der Waals surface area contributed by atoms with Gasteiger partial charge in [-0.05, 0) is 36.6 Å². The maximum Gasteiger partial charge on any atom is 0.133 e. The molecule has 1 heterocycles. The number of aryl methyl sites for hydroxylation is 1. The molecule has 0 radical (unpaired) electrons. The van der Waals surface area contributed by atoms with Crippen LogP contribution in [0.2, 0.25) is 0 Å². The molecule has 4 heteroatoms. The molecule has 2 unspecified atom stereocenters. The van der Waals surface area contributed by atoms with E-state index in [1.807, 2.05) is 24.3 Å². The topological polar surface area (TPSA) is 35.2 Å². The van der Waals surface area contributed by atoms with Crippen LogP contribution in [0, 0.1) is 18.6 Å². The molecule has 2 atom stereocenters. The van der Waals surface area contributed by atoms with Gasteiger partial charge in [0.2, 0.25) is 0 Å². The molecular formula is C17H17F2NO. The van der Waals surface area contributed by atoms with Gasteiger partial charge < -0.3 is 10.5 Å². The van der Waals surface area contributed by atoms with Gasteiger partial charge in [0.1, 0.15) is 17.4 Å². The van der Waals surface area contributed by atoms with Crippen LogP contribution in [0.4, 0.5) is 8.78 Å². The van der Waals surface area contributed by atoms with Crippen molar-refractivity contribution >= 4 is 0 Å². The summed E-state index contributed by atoms with van der Waals surface area (Å²) in [6, 6.07) is 9.51. The van der Waals surface area contributed by atoms with E-state index in [-0.39, 0.29) is 11.5 Å². The van der Waals surface area contributed by atoms with Crippen molar-refractivity contribution in [3.05, 3.63) is 64.7 Å². The van der Waals surface area contributed by atoms with E-state index < -0.39 is 17.7 Å². The van der Waals surface area contributed by atoms with E-state index in [9.17, 15) is 8.78 Å². The van der Waals surface area contributed by atoms with Gasteiger partial charge in [-0.3, -0.25) is 0 Å². The third-order valence-corrected chi connectivity index (χ3v) is 4.09. The number of para-hydroxylation sites is 1. The van der Waals surface area contributed by atoms with Crippen molar-refractivity contribution < 1.29 is 13.5 Å². The Morgan fingerprint density at radius 1 is 1.19 bits per heavy atom. The molecule has 110 valence electrons. The van der Waals surface area contributed by atoms with Crippen LogP contribution in [0.1, 0.15) is 35.1 Å². The molecule has 2 aromatic carbocycles. The second kappa shape index (κ2) is 5.45. The lowest BCUT2D eigenvalue weighted by Crippen LogP contribution is -2.27. The molecule has 0 aliphatic carbocycles. The van der Waals surface area contributed by atoms with Crippen molar-refractivity contribution in [1.82, 2.24) is 0 Å². The summed E-state index contributed by atoms with van der Waals surface area (Å²) in [5.41, 5.74) is 7.51. The Morgan fingerprint density at radius 2 is 1.95 bits per heavy atom. The summed E-state index contributed by atoms with van der Waals surface area (Å²) < 4.78 is 33.9. The van der Waals surface area contributed by atoms with Crippen LogP contribution in [0.3, 0.4) is 0 Å². The molecule has 0 fully saturated rings. The van der Waals surface area contributed by atoms with Gasteiger partial charge in [0.25, 0.3) is 0 Å². The SMILES string of the molecule is Cc1ccc(F)c(C(N)C2CCOc3ccccc32)c1F. The molecule has 0 spiro atoms. The largest absolute Gasteiger partial charge is 0.493 e. The zero-order valence-electron chi connectivity index (χ0n) is 11.8. The minimum Gasteiger partial charge on any atom is -0.493 e. The number of nitrogens with two attached hydrogens (primary N) is 1. The molecule has 1 aliphatic heterocycles. The zero-order chi connectivity index (χ0) is 15.0. The Balaban J connectivity index is 2.05. The molecule has 0 amide bonds. The van der Waals surface area contributed by atoms with Crippen molar-refractivity contribution in [1.29, 1.82) is 0 Å². The Morgan fingerprint density at radius 3 is 2.76 bits per heavy atom. The molecule has 21 heavy (non-hydrogen) atoms. The summed E-state index contributed by atoms with van der Waals surface area (Å²) >= 11 is 0. The number of hydrogen-bond donors (Lipinski definition) is 1. The van der Waals surface area contributed by atoms with Gasteiger partial charge in [-0.15, -0.1) is 0 Å². The average molecular weight is 289 g/mol. The monoisotopic (exact) mass is 289 g/mol. The van der Waals surface area contributed by atoms with Gasteiger partial charge in [0, 0.05) is 17.5 Å². The van der Waals surface area contributed by atoms with E-state index in [1.165, 1.54) is 12.1 Å². The third-order valence-electron chi connectivity index (χ3n) is 4.09. The summed E-state index contributed by atoms with van der Waals surface area (Å²) in [7, 11) is 0. The Labute approximate surface area is 122 Å². The van der Waals surface area contributed by atoms with Crippen LogP contribution in [-0.2, 0) is 0 Å². The number of benzene rings is 2. The summed E-state index contributed by atoms with van der Waals surface area (Å²) in [5.74, 6) is -0.542. The fourth-order valence-corrected chi connectivity index (χ4v) is 2.93. The fourth-order valence-electron chi connectivity index (χ4n) is 2.93. The normalized spacial score (nSPS) is 18.8. The van der Waals surface area contributed by atoms with Gasteiger partial charge in [0.15, 0.2) is 0 Å². The Kier molecular flexibility index (Phi) is 3.64. The Hall–Kier alpha value is -1.94. The van der Waals surface area contributed by atoms with Gasteiger partial charge in [-0.1, -0.05) is 24.3 Å². The Bertz CT molecular complexity index is 672. The predicted molar refractivity (Wildman–Crippen MR) is 77.3 cm³/mol. The second-order valence-corrected chi connectivity index (χ2v) is 5.40. The molecule has 0 bridgehead atoms. The standard InChI is InChI=1S/C17H17F2NO/c1-10-6-7-13(18)15(16(10)19)17(20)12-8-9-21-14-5-3-2-4-11(12)14/h2-7,12,17H,8-9,20H2,1H3. The zero-order valence-corrected chi connectivity index (χ0v) is 11.8. The van der Waals surface area contributed by atoms with Gasteiger partial charge >= 0.3 is 0 Å². The first-order valence-electron chi connectivity index (χ1n) is 7.01. The van der Waals surface area contributed by atoms with Crippen molar-refractivity contribution in [2.45, 2.75) is 25.3 Å². The lowest BCUT2D eigenvalue weighted by Gasteiger charge is -2.31. The molecular weight excluding hydrogens is 272 g/mol. The van der Waals surface area contributed by atoms with E-state index in [4.69, 9.17) is 10.5 Å². The van der Waals surface area contributed by atoms with Crippen molar-refractivity contribution in [3.63, 3.8) is 0 Å². The quantitative estimate of drug-likeness (QED) is 0.911. The van der Waals surface area contributed by atoms with E-state index in [1.54, 1.807) is 6.92 Å². The van der Waals surface area contributed by atoms with E-state index in [0.717, 1.165) is 11.3 Å². The number of hydrogen-bond acceptors (Lipinski definition) is 2. The highest BCUT2D eigenvalue weighted by atomic mass is 19.1. The van der Waals surface area contributed by atoms with Gasteiger partial charge in [0.05, 0.1) is 6.61 Å². The lowest BCUT2D eigenvalue weighted by molar-refractivity contribution is 0.253. The first-order chi connectivity index (χ1) is 10.1. The van der Waals surface area contributed by atoms with Crippen LogP contribution in [0.15, 0.2) is 36.4 Å². The molecule has 0 saturated heterocycles. The smallest absolute Gasteiger partial charge is 0.133 e. The van der Waals surface area contributed by atoms with Crippen LogP contribution in [0.5, 0.6) is 5.75 Å². The fraction of sp³-hybridized carbons (Fsp3) is 0.294. The lowest BCUT2D eigenvalue weighted by atomic mass is 9.83. The molecule has 2 N–H and O–H groups in total. The summed E-state index contributed by atoms with van der Waals surface area (Å²) in [4.78, 5) is 0. The van der Waals surface area contributed by atoms with E-state index in [0.29, 0.717) is 18.6 Å². The predicted octanol–water partition coefficient (Wildman–Crippen LogP) is 3.84. The highest BCUT2D eigenvalue weighted by molar-refractivity contribution is 5.41. The first-order valence-corrected chi connectivity index (χ1v) is 7.01. The molecule has 0 aromatic heterocycles. The molecule has 3 rings (SSSR count). The third kappa shape index (κ3) is 2.40. The number of fused-ring (bicyclic) bond motifs is 1. The molecule has 2 aromatic rings.